The zero-order chi connectivity index (χ0) is 9.80. The SMILES string of the molecule is O=CNC1=NN(c2ccccc2)CC1. The zero-order valence-corrected chi connectivity index (χ0v) is 7.68. The monoisotopic (exact) mass is 189 g/mol. The molecule has 0 spiro atoms. The molecule has 0 unspecified atom stereocenters. The number of amides is 1. The second-order valence-corrected chi connectivity index (χ2v) is 3.02. The summed E-state index contributed by atoms with van der Waals surface area (Å²) in [5, 5.41) is 8.71. The number of hydrazone groups is 1. The molecule has 2 rings (SSSR count). The molecule has 1 N–H and O–H groups in total. The average Bonchev–Trinajstić information content (AvgIpc) is 2.68. The molecule has 0 aromatic heterocycles. The Bertz CT molecular complexity index is 348. The van der Waals surface area contributed by atoms with Crippen molar-refractivity contribution in [2.24, 2.45) is 5.10 Å². The van der Waals surface area contributed by atoms with Gasteiger partial charge in [-0.1, -0.05) is 18.2 Å². The summed E-state index contributed by atoms with van der Waals surface area (Å²) in [6.07, 6.45) is 1.45. The highest BCUT2D eigenvalue weighted by atomic mass is 16.1. The van der Waals surface area contributed by atoms with Gasteiger partial charge in [-0.05, 0) is 12.1 Å². The number of carbonyl (C=O) groups excluding carboxylic acids is 1. The number of amidine groups is 1. The summed E-state index contributed by atoms with van der Waals surface area (Å²) >= 11 is 0. The van der Waals surface area contributed by atoms with Gasteiger partial charge >= 0.3 is 0 Å². The van der Waals surface area contributed by atoms with Crippen LogP contribution in [0.4, 0.5) is 5.69 Å². The van der Waals surface area contributed by atoms with Crippen LogP contribution < -0.4 is 10.3 Å². The first-order valence-corrected chi connectivity index (χ1v) is 4.50. The molecule has 1 aliphatic rings. The Morgan fingerprint density at radius 3 is 2.86 bits per heavy atom. The Labute approximate surface area is 82.2 Å². The summed E-state index contributed by atoms with van der Waals surface area (Å²) in [6, 6.07) is 9.89. The van der Waals surface area contributed by atoms with Crippen molar-refractivity contribution in [2.45, 2.75) is 6.42 Å². The average molecular weight is 189 g/mol. The number of nitrogens with zero attached hydrogens (tertiary/aromatic N) is 2. The van der Waals surface area contributed by atoms with Crippen LogP contribution in [0.3, 0.4) is 0 Å². The Kier molecular flexibility index (Phi) is 2.44. The minimum atomic E-state index is 0.660. The molecule has 1 heterocycles. The van der Waals surface area contributed by atoms with Crippen molar-refractivity contribution in [1.82, 2.24) is 5.32 Å². The maximum absolute atomic E-state index is 10.2. The number of para-hydroxylation sites is 1. The van der Waals surface area contributed by atoms with Crippen LogP contribution in [0.25, 0.3) is 0 Å². The Hall–Kier alpha value is -1.84. The third kappa shape index (κ3) is 1.74. The number of rotatable bonds is 2. The molecule has 4 heteroatoms. The lowest BCUT2D eigenvalue weighted by atomic mass is 10.3. The molecular formula is C10H11N3O. The lowest BCUT2D eigenvalue weighted by molar-refractivity contribution is -0.108. The normalized spacial score (nSPS) is 15.1. The van der Waals surface area contributed by atoms with Gasteiger partial charge in [-0.2, -0.15) is 5.10 Å². The van der Waals surface area contributed by atoms with Crippen molar-refractivity contribution >= 4 is 17.9 Å². The van der Waals surface area contributed by atoms with E-state index in [2.05, 4.69) is 10.4 Å². The first-order chi connectivity index (χ1) is 6.90. The molecule has 1 amide bonds. The first-order valence-electron chi connectivity index (χ1n) is 4.50. The number of nitrogens with one attached hydrogen (secondary N) is 1. The molecule has 14 heavy (non-hydrogen) atoms. The third-order valence-electron chi connectivity index (χ3n) is 2.08. The second kappa shape index (κ2) is 3.91. The predicted molar refractivity (Wildman–Crippen MR) is 55.0 cm³/mol. The molecule has 0 radical (unpaired) electrons. The van der Waals surface area contributed by atoms with Crippen molar-refractivity contribution in [3.05, 3.63) is 30.3 Å². The van der Waals surface area contributed by atoms with Gasteiger partial charge in [0.1, 0.15) is 5.84 Å². The van der Waals surface area contributed by atoms with E-state index in [1.807, 2.05) is 35.3 Å². The number of hydrogen-bond acceptors (Lipinski definition) is 3. The van der Waals surface area contributed by atoms with E-state index >= 15 is 0 Å². The van der Waals surface area contributed by atoms with E-state index in [9.17, 15) is 4.79 Å². The Balaban J connectivity index is 2.12. The van der Waals surface area contributed by atoms with Gasteiger partial charge in [0, 0.05) is 13.0 Å². The molecule has 72 valence electrons. The highest BCUT2D eigenvalue weighted by Crippen LogP contribution is 2.17. The van der Waals surface area contributed by atoms with E-state index in [-0.39, 0.29) is 0 Å². The molecular weight excluding hydrogens is 178 g/mol. The maximum Gasteiger partial charge on any atom is 0.212 e. The van der Waals surface area contributed by atoms with Crippen LogP contribution in [-0.2, 0) is 4.79 Å². The summed E-state index contributed by atoms with van der Waals surface area (Å²) in [6.45, 7) is 0.820. The fourth-order valence-corrected chi connectivity index (χ4v) is 1.41. The van der Waals surface area contributed by atoms with Gasteiger partial charge < -0.3 is 5.32 Å². The van der Waals surface area contributed by atoms with Gasteiger partial charge in [-0.3, -0.25) is 9.80 Å². The van der Waals surface area contributed by atoms with Gasteiger partial charge in [-0.25, -0.2) is 0 Å². The number of benzene rings is 1. The summed E-state index contributed by atoms with van der Waals surface area (Å²) in [5.41, 5.74) is 1.05. The lowest BCUT2D eigenvalue weighted by Gasteiger charge is -2.12. The molecule has 1 aromatic carbocycles. The van der Waals surface area contributed by atoms with E-state index in [1.165, 1.54) is 0 Å². The van der Waals surface area contributed by atoms with Crippen molar-refractivity contribution in [3.63, 3.8) is 0 Å². The van der Waals surface area contributed by atoms with Crippen LogP contribution in [0.2, 0.25) is 0 Å². The largest absolute Gasteiger partial charge is 0.315 e. The summed E-state index contributed by atoms with van der Waals surface area (Å²) in [5.74, 6) is 0.726. The van der Waals surface area contributed by atoms with E-state index in [0.29, 0.717) is 6.41 Å². The van der Waals surface area contributed by atoms with Crippen molar-refractivity contribution in [1.29, 1.82) is 0 Å². The van der Waals surface area contributed by atoms with Crippen LogP contribution in [0.1, 0.15) is 6.42 Å². The summed E-state index contributed by atoms with van der Waals surface area (Å²) in [7, 11) is 0. The van der Waals surface area contributed by atoms with E-state index in [0.717, 1.165) is 24.5 Å². The van der Waals surface area contributed by atoms with Crippen LogP contribution in [0.5, 0.6) is 0 Å². The topological polar surface area (TPSA) is 44.7 Å². The van der Waals surface area contributed by atoms with Crippen molar-refractivity contribution in [3.8, 4) is 0 Å². The first kappa shape index (κ1) is 8.74. The molecule has 0 saturated carbocycles. The molecule has 1 aromatic rings. The molecule has 0 saturated heterocycles. The van der Waals surface area contributed by atoms with Gasteiger partial charge in [0.2, 0.25) is 6.41 Å². The highest BCUT2D eigenvalue weighted by molar-refractivity contribution is 5.92. The Morgan fingerprint density at radius 1 is 1.36 bits per heavy atom. The molecule has 0 bridgehead atoms. The minimum Gasteiger partial charge on any atom is -0.315 e. The minimum absolute atomic E-state index is 0.660. The summed E-state index contributed by atoms with van der Waals surface area (Å²) < 4.78 is 0. The predicted octanol–water partition coefficient (Wildman–Crippen LogP) is 0.956. The molecule has 1 aliphatic heterocycles. The fourth-order valence-electron chi connectivity index (χ4n) is 1.41. The zero-order valence-electron chi connectivity index (χ0n) is 7.68. The van der Waals surface area contributed by atoms with Crippen LogP contribution in [0.15, 0.2) is 35.4 Å². The second-order valence-electron chi connectivity index (χ2n) is 3.02. The van der Waals surface area contributed by atoms with Gasteiger partial charge in [-0.15, -0.1) is 0 Å². The summed E-state index contributed by atoms with van der Waals surface area (Å²) in [4.78, 5) is 10.2. The van der Waals surface area contributed by atoms with E-state index in [1.54, 1.807) is 0 Å². The molecule has 0 fully saturated rings. The number of hydrogen-bond donors (Lipinski definition) is 1. The smallest absolute Gasteiger partial charge is 0.212 e. The van der Waals surface area contributed by atoms with Crippen LogP contribution in [-0.4, -0.2) is 18.8 Å². The van der Waals surface area contributed by atoms with Crippen LogP contribution >= 0.6 is 0 Å². The Morgan fingerprint density at radius 2 is 2.14 bits per heavy atom. The van der Waals surface area contributed by atoms with Crippen LogP contribution in [0, 0.1) is 0 Å². The van der Waals surface area contributed by atoms with Gasteiger partial charge in [0.15, 0.2) is 0 Å². The van der Waals surface area contributed by atoms with Crippen molar-refractivity contribution < 1.29 is 4.79 Å². The number of carbonyl (C=O) groups is 1. The highest BCUT2D eigenvalue weighted by Gasteiger charge is 2.14. The van der Waals surface area contributed by atoms with Crippen molar-refractivity contribution in [2.75, 3.05) is 11.6 Å². The van der Waals surface area contributed by atoms with E-state index < -0.39 is 0 Å². The fraction of sp³-hybridized carbons (Fsp3) is 0.200. The van der Waals surface area contributed by atoms with E-state index in [4.69, 9.17) is 0 Å². The lowest BCUT2D eigenvalue weighted by Crippen LogP contribution is -2.18. The quantitative estimate of drug-likeness (QED) is 0.704. The molecule has 4 nitrogen and oxygen atoms in total. The number of anilines is 1. The van der Waals surface area contributed by atoms with Gasteiger partial charge in [0.05, 0.1) is 5.69 Å². The maximum atomic E-state index is 10.2. The molecule has 0 aliphatic carbocycles. The van der Waals surface area contributed by atoms with Gasteiger partial charge in [0.25, 0.3) is 0 Å². The molecule has 0 atom stereocenters. The third-order valence-corrected chi connectivity index (χ3v) is 2.08. The standard InChI is InChI=1S/C10H11N3O/c14-8-11-10-6-7-13(12-10)9-4-2-1-3-5-9/h1-5,8H,6-7H2,(H,11,12,14).